The molecule has 1 aliphatic rings. The summed E-state index contributed by atoms with van der Waals surface area (Å²) in [4.78, 5) is 14.3. The van der Waals surface area contributed by atoms with Gasteiger partial charge in [-0.3, -0.25) is 4.79 Å². The van der Waals surface area contributed by atoms with Crippen molar-refractivity contribution in [1.29, 1.82) is 0 Å². The fourth-order valence-corrected chi connectivity index (χ4v) is 2.56. The summed E-state index contributed by atoms with van der Waals surface area (Å²) in [5.74, 6) is 0.479. The van der Waals surface area contributed by atoms with Crippen LogP contribution < -0.4 is 9.64 Å². The van der Waals surface area contributed by atoms with Crippen molar-refractivity contribution in [2.45, 2.75) is 39.6 Å². The van der Waals surface area contributed by atoms with Gasteiger partial charge in [-0.05, 0) is 45.9 Å². The molecule has 0 atom stereocenters. The first-order valence-electron chi connectivity index (χ1n) is 7.42. The minimum Gasteiger partial charge on any atom is -0.476 e. The molecule has 0 bridgehead atoms. The quantitative estimate of drug-likeness (QED) is 0.753. The molecule has 1 aliphatic heterocycles. The molecule has 0 saturated carbocycles. The van der Waals surface area contributed by atoms with Crippen molar-refractivity contribution in [1.82, 2.24) is 0 Å². The van der Waals surface area contributed by atoms with E-state index < -0.39 is 11.9 Å². The zero-order valence-electron chi connectivity index (χ0n) is 13.4. The molecule has 1 heterocycles. The Kier molecular flexibility index (Phi) is 5.32. The number of benzene rings is 1. The van der Waals surface area contributed by atoms with Crippen molar-refractivity contribution < 1.29 is 19.0 Å². The van der Waals surface area contributed by atoms with E-state index in [1.807, 2.05) is 13.8 Å². The molecule has 1 aromatic rings. The summed E-state index contributed by atoms with van der Waals surface area (Å²) in [6.07, 6.45) is -0.486. The Labute approximate surface area is 136 Å². The van der Waals surface area contributed by atoms with E-state index in [1.165, 1.54) is 0 Å². The molecule has 2 rings (SSSR count). The number of ether oxygens (including phenoxy) is 3. The third-order valence-corrected chi connectivity index (χ3v) is 3.61. The lowest BCUT2D eigenvalue weighted by molar-refractivity contribution is -0.143. The molecule has 22 heavy (non-hydrogen) atoms. The van der Waals surface area contributed by atoms with Gasteiger partial charge in [-0.2, -0.15) is 0 Å². The van der Waals surface area contributed by atoms with Crippen LogP contribution in [-0.2, 0) is 14.3 Å². The fourth-order valence-electron chi connectivity index (χ4n) is 2.40. The topological polar surface area (TPSA) is 48.0 Å². The van der Waals surface area contributed by atoms with E-state index in [4.69, 9.17) is 25.8 Å². The van der Waals surface area contributed by atoms with E-state index in [9.17, 15) is 4.79 Å². The van der Waals surface area contributed by atoms with Crippen molar-refractivity contribution in [2.24, 2.45) is 0 Å². The average Bonchev–Trinajstić information content (AvgIpc) is 2.45. The molecule has 0 spiro atoms. The number of halogens is 1. The first-order valence-corrected chi connectivity index (χ1v) is 7.80. The average molecular weight is 328 g/mol. The van der Waals surface area contributed by atoms with E-state index in [0.717, 1.165) is 0 Å². The van der Waals surface area contributed by atoms with Gasteiger partial charge in [-0.15, -0.1) is 0 Å². The summed E-state index contributed by atoms with van der Waals surface area (Å²) in [7, 11) is 0. The van der Waals surface area contributed by atoms with Crippen LogP contribution in [0.2, 0.25) is 5.02 Å². The number of amides is 1. The molecule has 0 aliphatic carbocycles. The maximum absolute atomic E-state index is 12.7. The van der Waals surface area contributed by atoms with Gasteiger partial charge in [0.15, 0.2) is 11.9 Å². The molecule has 0 fully saturated rings. The summed E-state index contributed by atoms with van der Waals surface area (Å²) in [6.45, 7) is 8.58. The maximum atomic E-state index is 12.7. The van der Waals surface area contributed by atoms with Crippen molar-refractivity contribution in [3.05, 3.63) is 23.2 Å². The number of carbonyl (C=O) groups is 1. The van der Waals surface area contributed by atoms with Crippen LogP contribution in [0.3, 0.4) is 0 Å². The molecule has 5 nitrogen and oxygen atoms in total. The van der Waals surface area contributed by atoms with Crippen LogP contribution in [-0.4, -0.2) is 37.6 Å². The molecular formula is C16H22ClNO4. The minimum atomic E-state index is -0.941. The van der Waals surface area contributed by atoms with Gasteiger partial charge < -0.3 is 19.1 Å². The summed E-state index contributed by atoms with van der Waals surface area (Å²) in [5.41, 5.74) is -0.301. The second kappa shape index (κ2) is 6.86. The van der Waals surface area contributed by atoms with Gasteiger partial charge in [0.05, 0.1) is 12.2 Å². The van der Waals surface area contributed by atoms with Crippen molar-refractivity contribution in [3.8, 4) is 5.75 Å². The van der Waals surface area contributed by atoms with Crippen LogP contribution in [0.1, 0.15) is 27.7 Å². The highest BCUT2D eigenvalue weighted by Crippen LogP contribution is 2.39. The van der Waals surface area contributed by atoms with E-state index in [-0.39, 0.29) is 5.91 Å². The molecule has 0 aromatic heterocycles. The van der Waals surface area contributed by atoms with Gasteiger partial charge in [0.2, 0.25) is 0 Å². The Balaban J connectivity index is 2.35. The zero-order valence-corrected chi connectivity index (χ0v) is 14.1. The third-order valence-electron chi connectivity index (χ3n) is 3.37. The van der Waals surface area contributed by atoms with Crippen LogP contribution in [0.25, 0.3) is 0 Å². The van der Waals surface area contributed by atoms with Gasteiger partial charge in [0.1, 0.15) is 5.75 Å². The molecule has 1 aromatic carbocycles. The second-order valence-corrected chi connectivity index (χ2v) is 5.92. The lowest BCUT2D eigenvalue weighted by atomic mass is 10.0. The SMILES string of the molecule is CCOC(CN1C(=O)C(C)(C)Oc2ccc(Cl)cc21)OCC. The molecule has 0 radical (unpaired) electrons. The Morgan fingerprint density at radius 1 is 1.27 bits per heavy atom. The third kappa shape index (κ3) is 3.54. The van der Waals surface area contributed by atoms with Gasteiger partial charge in [-0.25, -0.2) is 0 Å². The zero-order chi connectivity index (χ0) is 16.3. The molecule has 6 heteroatoms. The highest BCUT2D eigenvalue weighted by molar-refractivity contribution is 6.31. The summed E-state index contributed by atoms with van der Waals surface area (Å²) in [5, 5.41) is 0.546. The Morgan fingerprint density at radius 3 is 2.50 bits per heavy atom. The fraction of sp³-hybridized carbons (Fsp3) is 0.562. The Morgan fingerprint density at radius 2 is 1.91 bits per heavy atom. The summed E-state index contributed by atoms with van der Waals surface area (Å²) >= 11 is 6.06. The number of carbonyl (C=O) groups excluding carboxylic acids is 1. The van der Waals surface area contributed by atoms with Gasteiger partial charge in [-0.1, -0.05) is 11.6 Å². The van der Waals surface area contributed by atoms with Crippen molar-refractivity contribution >= 4 is 23.2 Å². The van der Waals surface area contributed by atoms with Crippen LogP contribution in [0.15, 0.2) is 18.2 Å². The van der Waals surface area contributed by atoms with Gasteiger partial charge in [0.25, 0.3) is 5.91 Å². The number of hydrogen-bond donors (Lipinski definition) is 0. The van der Waals surface area contributed by atoms with Gasteiger partial charge in [0, 0.05) is 18.2 Å². The molecule has 0 unspecified atom stereocenters. The largest absolute Gasteiger partial charge is 0.476 e. The predicted octanol–water partition coefficient (Wildman–Crippen LogP) is 3.24. The highest BCUT2D eigenvalue weighted by atomic mass is 35.5. The predicted molar refractivity (Wildman–Crippen MR) is 85.6 cm³/mol. The second-order valence-electron chi connectivity index (χ2n) is 5.48. The Bertz CT molecular complexity index is 541. The number of rotatable bonds is 6. The molecular weight excluding hydrogens is 306 g/mol. The monoisotopic (exact) mass is 327 g/mol. The molecule has 122 valence electrons. The first-order chi connectivity index (χ1) is 10.4. The van der Waals surface area contributed by atoms with Crippen molar-refractivity contribution in [2.75, 3.05) is 24.7 Å². The first kappa shape index (κ1) is 17.1. The Hall–Kier alpha value is -1.30. The lowest BCUT2D eigenvalue weighted by Gasteiger charge is -2.39. The molecule has 0 saturated heterocycles. The van der Waals surface area contributed by atoms with Crippen LogP contribution in [0, 0.1) is 0 Å². The number of anilines is 1. The molecule has 0 N–H and O–H groups in total. The van der Waals surface area contributed by atoms with Crippen LogP contribution >= 0.6 is 11.6 Å². The smallest absolute Gasteiger partial charge is 0.270 e. The summed E-state index contributed by atoms with van der Waals surface area (Å²) in [6, 6.07) is 5.24. The minimum absolute atomic E-state index is 0.147. The normalized spacial score (nSPS) is 16.6. The standard InChI is InChI=1S/C16H22ClNO4/c1-5-20-14(21-6-2)10-18-12-9-11(17)7-8-13(12)22-16(3,4)15(18)19/h7-9,14H,5-6,10H2,1-4H3. The van der Waals surface area contributed by atoms with Crippen LogP contribution in [0.4, 0.5) is 5.69 Å². The van der Waals surface area contributed by atoms with Crippen molar-refractivity contribution in [3.63, 3.8) is 0 Å². The van der Waals surface area contributed by atoms with E-state index >= 15 is 0 Å². The highest BCUT2D eigenvalue weighted by Gasteiger charge is 2.41. The van der Waals surface area contributed by atoms with E-state index in [1.54, 1.807) is 36.9 Å². The van der Waals surface area contributed by atoms with Gasteiger partial charge >= 0.3 is 0 Å². The van der Waals surface area contributed by atoms with E-state index in [0.29, 0.717) is 36.2 Å². The number of fused-ring (bicyclic) bond motifs is 1. The number of nitrogens with zero attached hydrogens (tertiary/aromatic N) is 1. The summed E-state index contributed by atoms with van der Waals surface area (Å²) < 4.78 is 16.9. The van der Waals surface area contributed by atoms with Crippen LogP contribution in [0.5, 0.6) is 5.75 Å². The maximum Gasteiger partial charge on any atom is 0.270 e. The molecule has 1 amide bonds. The van der Waals surface area contributed by atoms with E-state index in [2.05, 4.69) is 0 Å². The lowest BCUT2D eigenvalue weighted by Crippen LogP contribution is -2.54. The number of hydrogen-bond acceptors (Lipinski definition) is 4.